The number of hydrogen-bond acceptors (Lipinski definition) is 6. The van der Waals surface area contributed by atoms with E-state index in [4.69, 9.17) is 9.62 Å². The van der Waals surface area contributed by atoms with Crippen molar-refractivity contribution in [3.8, 4) is 0 Å². The lowest BCUT2D eigenvalue weighted by Gasteiger charge is -2.22. The fourth-order valence-electron chi connectivity index (χ4n) is 2.32. The Hall–Kier alpha value is -3.16. The first kappa shape index (κ1) is 15.7. The summed E-state index contributed by atoms with van der Waals surface area (Å²) >= 11 is 0. The number of carbonyl (C=O) groups is 1. The predicted molar refractivity (Wildman–Crippen MR) is 89.2 cm³/mol. The van der Waals surface area contributed by atoms with Crippen molar-refractivity contribution in [3.63, 3.8) is 0 Å². The molecule has 0 radical (unpaired) electrons. The van der Waals surface area contributed by atoms with Gasteiger partial charge >= 0.3 is 5.63 Å². The van der Waals surface area contributed by atoms with E-state index in [0.29, 0.717) is 22.2 Å². The van der Waals surface area contributed by atoms with Crippen molar-refractivity contribution >= 4 is 28.3 Å². The molecule has 0 fully saturated rings. The van der Waals surface area contributed by atoms with Gasteiger partial charge in [-0.2, -0.15) is 0 Å². The van der Waals surface area contributed by atoms with Crippen LogP contribution in [0.4, 0.5) is 11.4 Å². The van der Waals surface area contributed by atoms with E-state index < -0.39 is 11.5 Å². The third-order valence-electron chi connectivity index (χ3n) is 3.57. The minimum absolute atomic E-state index is 0.0377. The molecule has 0 spiro atoms. The van der Waals surface area contributed by atoms with Crippen molar-refractivity contribution in [1.29, 1.82) is 0 Å². The molecule has 0 saturated heterocycles. The molecule has 0 atom stereocenters. The molecule has 3 rings (SSSR count). The molecule has 7 nitrogen and oxygen atoms in total. The molecule has 0 aliphatic heterocycles. The molecule has 7 heteroatoms. The number of aryl methyl sites for hydroxylation is 1. The molecule has 122 valence electrons. The first-order chi connectivity index (χ1) is 11.5. The fourth-order valence-corrected chi connectivity index (χ4v) is 2.32. The van der Waals surface area contributed by atoms with Gasteiger partial charge in [-0.05, 0) is 42.8 Å². The quantitative estimate of drug-likeness (QED) is 0.566. The van der Waals surface area contributed by atoms with Crippen LogP contribution in [0.3, 0.4) is 0 Å². The minimum atomic E-state index is -0.735. The van der Waals surface area contributed by atoms with E-state index in [1.165, 1.54) is 24.3 Å². The van der Waals surface area contributed by atoms with Gasteiger partial charge in [0.15, 0.2) is 0 Å². The van der Waals surface area contributed by atoms with Gasteiger partial charge < -0.3 is 20.2 Å². The molecule has 1 heterocycles. The Balaban J connectivity index is 1.93. The monoisotopic (exact) mass is 325 g/mol. The lowest BCUT2D eigenvalue weighted by molar-refractivity contribution is 0.102. The van der Waals surface area contributed by atoms with Crippen LogP contribution < -0.4 is 16.2 Å². The van der Waals surface area contributed by atoms with Gasteiger partial charge in [0, 0.05) is 11.1 Å². The van der Waals surface area contributed by atoms with Crippen molar-refractivity contribution in [2.45, 2.75) is 6.92 Å². The summed E-state index contributed by atoms with van der Waals surface area (Å²) < 4.78 is 5.13. The molecular weight excluding hydrogens is 312 g/mol. The number of para-hydroxylation sites is 1. The average Bonchev–Trinajstić information content (AvgIpc) is 2.55. The van der Waals surface area contributed by atoms with E-state index >= 15 is 0 Å². The van der Waals surface area contributed by atoms with Gasteiger partial charge in [-0.25, -0.2) is 4.79 Å². The third-order valence-corrected chi connectivity index (χ3v) is 3.57. The number of hydrogen-bond donors (Lipinski definition) is 2. The summed E-state index contributed by atoms with van der Waals surface area (Å²) in [4.78, 5) is 24.3. The zero-order valence-corrected chi connectivity index (χ0v) is 12.6. The van der Waals surface area contributed by atoms with Crippen LogP contribution in [-0.2, 0) is 0 Å². The summed E-state index contributed by atoms with van der Waals surface area (Å²) in [6.07, 6.45) is 0. The Bertz CT molecular complexity index is 978. The summed E-state index contributed by atoms with van der Waals surface area (Å²) in [5.41, 5.74) is 0.555. The molecule has 0 unspecified atom stereocenters. The number of amides is 1. The zero-order valence-electron chi connectivity index (χ0n) is 12.6. The average molecular weight is 325 g/mol. The van der Waals surface area contributed by atoms with Gasteiger partial charge in [-0.3, -0.25) is 10.0 Å². The Labute approximate surface area is 136 Å². The zero-order chi connectivity index (χ0) is 17.3. The van der Waals surface area contributed by atoms with Crippen LogP contribution in [0.15, 0.2) is 57.7 Å². The summed E-state index contributed by atoms with van der Waals surface area (Å²) in [5, 5.41) is 22.7. The maximum atomic E-state index is 12.4. The van der Waals surface area contributed by atoms with Gasteiger partial charge in [-0.1, -0.05) is 18.2 Å². The second kappa shape index (κ2) is 6.15. The highest BCUT2D eigenvalue weighted by molar-refractivity contribution is 6.05. The summed E-state index contributed by atoms with van der Waals surface area (Å²) in [7, 11) is 0. The van der Waals surface area contributed by atoms with Crippen LogP contribution >= 0.6 is 0 Å². The van der Waals surface area contributed by atoms with Gasteiger partial charge in [-0.15, -0.1) is 0 Å². The van der Waals surface area contributed by atoms with Gasteiger partial charge in [0.25, 0.3) is 5.91 Å². The normalized spacial score (nSPS) is 10.6. The van der Waals surface area contributed by atoms with Gasteiger partial charge in [0.05, 0.1) is 5.69 Å². The predicted octanol–water partition coefficient (Wildman–Crippen LogP) is 3.05. The lowest BCUT2D eigenvalue weighted by atomic mass is 10.1. The Morgan fingerprint density at radius 3 is 2.67 bits per heavy atom. The first-order valence-corrected chi connectivity index (χ1v) is 7.07. The number of anilines is 2. The molecule has 24 heavy (non-hydrogen) atoms. The summed E-state index contributed by atoms with van der Waals surface area (Å²) in [6.45, 7) is 1.66. The van der Waals surface area contributed by atoms with Gasteiger partial charge in [0.1, 0.15) is 11.1 Å². The van der Waals surface area contributed by atoms with Crippen molar-refractivity contribution in [3.05, 3.63) is 75.3 Å². The highest BCUT2D eigenvalue weighted by Gasteiger charge is 2.15. The minimum Gasteiger partial charge on any atom is -0.733 e. The molecular formula is C17H13N2O5-. The molecule has 3 aromatic rings. The SMILES string of the molecule is Cc1cc(N([O-])O)ccc1NC(=O)c1cc2ccccc2oc1=O. The van der Waals surface area contributed by atoms with E-state index in [9.17, 15) is 14.8 Å². The molecule has 1 amide bonds. The van der Waals surface area contributed by atoms with Crippen LogP contribution in [0.1, 0.15) is 15.9 Å². The number of nitrogens with one attached hydrogen (secondary N) is 1. The van der Waals surface area contributed by atoms with Crippen molar-refractivity contribution < 1.29 is 14.4 Å². The number of rotatable bonds is 3. The molecule has 2 aromatic carbocycles. The van der Waals surface area contributed by atoms with E-state index in [2.05, 4.69) is 5.32 Å². The molecule has 0 aliphatic rings. The molecule has 0 bridgehead atoms. The smallest absolute Gasteiger partial charge is 0.349 e. The summed E-state index contributed by atoms with van der Waals surface area (Å²) in [6, 6.07) is 12.6. The molecule has 2 N–H and O–H groups in total. The fraction of sp³-hybridized carbons (Fsp3) is 0.0588. The molecule has 0 aliphatic carbocycles. The van der Waals surface area contributed by atoms with E-state index in [1.807, 2.05) is 0 Å². The largest absolute Gasteiger partial charge is 0.733 e. The maximum absolute atomic E-state index is 12.4. The first-order valence-electron chi connectivity index (χ1n) is 7.07. The molecule has 1 aromatic heterocycles. The van der Waals surface area contributed by atoms with Crippen LogP contribution in [0.2, 0.25) is 0 Å². The second-order valence-corrected chi connectivity index (χ2v) is 5.21. The van der Waals surface area contributed by atoms with Crippen molar-refractivity contribution in [2.24, 2.45) is 0 Å². The van der Waals surface area contributed by atoms with Crippen LogP contribution in [0.25, 0.3) is 11.0 Å². The highest BCUT2D eigenvalue weighted by Crippen LogP contribution is 2.22. The van der Waals surface area contributed by atoms with Crippen LogP contribution in [0, 0.1) is 12.1 Å². The van der Waals surface area contributed by atoms with Crippen molar-refractivity contribution in [2.75, 3.05) is 10.5 Å². The Morgan fingerprint density at radius 2 is 1.96 bits per heavy atom. The Morgan fingerprint density at radius 1 is 1.21 bits per heavy atom. The van der Waals surface area contributed by atoms with E-state index in [0.717, 1.165) is 0 Å². The number of benzene rings is 2. The number of nitrogens with zero attached hydrogens (tertiary/aromatic N) is 1. The van der Waals surface area contributed by atoms with Crippen LogP contribution in [-0.4, -0.2) is 11.1 Å². The summed E-state index contributed by atoms with van der Waals surface area (Å²) in [5.74, 6) is -0.617. The van der Waals surface area contributed by atoms with Gasteiger partial charge in [0.2, 0.25) is 0 Å². The maximum Gasteiger partial charge on any atom is 0.349 e. The van der Waals surface area contributed by atoms with E-state index in [1.54, 1.807) is 31.2 Å². The standard InChI is InChI=1S/C17H13N2O5/c1-10-8-12(19(22)23)6-7-14(10)18-16(20)13-9-11-4-2-3-5-15(11)24-17(13)21/h2-9,22H,1H3,(H,18,20)/q-1. The topological polar surface area (TPSA) is 106 Å². The number of carbonyl (C=O) groups excluding carboxylic acids is 1. The second-order valence-electron chi connectivity index (χ2n) is 5.21. The van der Waals surface area contributed by atoms with Crippen molar-refractivity contribution in [1.82, 2.24) is 0 Å². The van der Waals surface area contributed by atoms with Crippen LogP contribution in [0.5, 0.6) is 0 Å². The van der Waals surface area contributed by atoms with E-state index in [-0.39, 0.29) is 16.5 Å². The lowest BCUT2D eigenvalue weighted by Crippen LogP contribution is -2.21. The molecule has 0 saturated carbocycles. The Kier molecular flexibility index (Phi) is 4.03. The number of fused-ring (bicyclic) bond motifs is 1. The highest BCUT2D eigenvalue weighted by atomic mass is 16.8. The third kappa shape index (κ3) is 2.98.